The number of aryl methyl sites for hydroxylation is 1. The Hall–Kier alpha value is -2.81. The Morgan fingerprint density at radius 3 is 2.70 bits per heavy atom. The summed E-state index contributed by atoms with van der Waals surface area (Å²) in [6.45, 7) is 12.6. The number of nitrogens with one attached hydrogen (secondary N) is 1. The monoisotopic (exact) mass is 359 g/mol. The number of benzene rings is 1. The van der Waals surface area contributed by atoms with Crippen LogP contribution in [0, 0.1) is 11.3 Å². The molecule has 3 heteroatoms. The van der Waals surface area contributed by atoms with Crippen molar-refractivity contribution in [1.29, 1.82) is 5.41 Å². The van der Waals surface area contributed by atoms with Gasteiger partial charge in [-0.25, -0.2) is 4.58 Å². The third-order valence-electron chi connectivity index (χ3n) is 5.45. The molecule has 3 nitrogen and oxygen atoms in total. The molecule has 27 heavy (non-hydrogen) atoms. The number of fused-ring (bicyclic) bond motifs is 3. The molecule has 3 rings (SSSR count). The molecule has 1 aliphatic heterocycles. The highest BCUT2D eigenvalue weighted by Gasteiger charge is 2.35. The second-order valence-electron chi connectivity index (χ2n) is 7.28. The van der Waals surface area contributed by atoms with Crippen LogP contribution in [0.1, 0.15) is 32.3 Å². The molecule has 2 atom stereocenters. The van der Waals surface area contributed by atoms with Gasteiger partial charge in [0, 0.05) is 23.4 Å². The smallest absolute Gasteiger partial charge is 0.218 e. The Bertz CT molecular complexity index is 907. The molecule has 138 valence electrons. The summed E-state index contributed by atoms with van der Waals surface area (Å²) in [5, 5.41) is 8.42. The van der Waals surface area contributed by atoms with Gasteiger partial charge >= 0.3 is 0 Å². The molecule has 1 N–H and O–H groups in total. The second kappa shape index (κ2) is 8.26. The molecule has 1 aliphatic rings. The molecular formula is C24H29N3+2. The van der Waals surface area contributed by atoms with Gasteiger partial charge in [0.2, 0.25) is 5.69 Å². The summed E-state index contributed by atoms with van der Waals surface area (Å²) in [6, 6.07) is 15.0. The lowest BCUT2D eigenvalue weighted by Crippen LogP contribution is -2.41. The molecule has 0 amide bonds. The SMILES string of the molecule is C=C1CC([N+](=C)/C=C\C)C(C(C)=N)CCc2ccccc2-c2cccc[n+]21. The van der Waals surface area contributed by atoms with E-state index in [2.05, 4.69) is 60.5 Å². The standard InChI is InChI=1S/C24H29N3/c1-5-15-26(4)24-17-18(2)27-16-9-8-12-23(27)22-11-7-6-10-20(22)13-14-21(24)19(3)25/h5-12,15-16,21,24-25H,2,4,13-14,17H2,1,3H3/q+2/b15-5-,25-19?. The number of hydrogen-bond acceptors (Lipinski definition) is 1. The molecule has 0 radical (unpaired) electrons. The average molecular weight is 360 g/mol. The summed E-state index contributed by atoms with van der Waals surface area (Å²) in [7, 11) is 0. The first-order valence-electron chi connectivity index (χ1n) is 9.56. The van der Waals surface area contributed by atoms with Crippen molar-refractivity contribution in [2.45, 2.75) is 39.2 Å². The number of rotatable bonds is 3. The summed E-state index contributed by atoms with van der Waals surface area (Å²) in [5.41, 5.74) is 5.47. The predicted octanol–water partition coefficient (Wildman–Crippen LogP) is 4.72. The lowest BCUT2D eigenvalue weighted by atomic mass is 9.84. The van der Waals surface area contributed by atoms with Crippen molar-refractivity contribution in [3.05, 3.63) is 73.1 Å². The first-order valence-corrected chi connectivity index (χ1v) is 9.56. The van der Waals surface area contributed by atoms with E-state index in [0.29, 0.717) is 5.71 Å². The van der Waals surface area contributed by atoms with E-state index in [9.17, 15) is 0 Å². The van der Waals surface area contributed by atoms with Crippen molar-refractivity contribution < 1.29 is 9.14 Å². The van der Waals surface area contributed by atoms with Gasteiger partial charge in [-0.15, -0.1) is 0 Å². The zero-order chi connectivity index (χ0) is 19.4. The van der Waals surface area contributed by atoms with E-state index >= 15 is 0 Å². The molecule has 0 aliphatic carbocycles. The van der Waals surface area contributed by atoms with Crippen LogP contribution in [0.3, 0.4) is 0 Å². The third kappa shape index (κ3) is 3.97. The van der Waals surface area contributed by atoms with E-state index in [4.69, 9.17) is 5.41 Å². The molecule has 0 saturated carbocycles. The van der Waals surface area contributed by atoms with Crippen LogP contribution in [0.5, 0.6) is 0 Å². The maximum absolute atomic E-state index is 8.42. The van der Waals surface area contributed by atoms with Gasteiger partial charge in [-0.3, -0.25) is 0 Å². The van der Waals surface area contributed by atoms with Crippen molar-refractivity contribution in [2.75, 3.05) is 0 Å². The van der Waals surface area contributed by atoms with Crippen LogP contribution in [-0.4, -0.2) is 23.0 Å². The van der Waals surface area contributed by atoms with E-state index in [0.717, 1.165) is 25.0 Å². The molecule has 2 aromatic rings. The van der Waals surface area contributed by atoms with Crippen LogP contribution in [-0.2, 0) is 6.42 Å². The van der Waals surface area contributed by atoms with Crippen LogP contribution >= 0.6 is 0 Å². The van der Waals surface area contributed by atoms with E-state index in [1.54, 1.807) is 0 Å². The van der Waals surface area contributed by atoms with E-state index in [-0.39, 0.29) is 12.0 Å². The van der Waals surface area contributed by atoms with Gasteiger partial charge in [0.25, 0.3) is 0 Å². The van der Waals surface area contributed by atoms with Gasteiger partial charge in [-0.05, 0) is 57.0 Å². The van der Waals surface area contributed by atoms with Gasteiger partial charge < -0.3 is 5.41 Å². The lowest BCUT2D eigenvalue weighted by Gasteiger charge is -2.24. The van der Waals surface area contributed by atoms with Crippen LogP contribution < -0.4 is 4.57 Å². The first-order chi connectivity index (χ1) is 13.0. The van der Waals surface area contributed by atoms with Crippen LogP contribution in [0.2, 0.25) is 0 Å². The van der Waals surface area contributed by atoms with Crippen LogP contribution in [0.4, 0.5) is 0 Å². The van der Waals surface area contributed by atoms with Gasteiger partial charge in [-0.1, -0.05) is 18.2 Å². The minimum Gasteiger partial charge on any atom is -0.309 e. The summed E-state index contributed by atoms with van der Waals surface area (Å²) >= 11 is 0. The summed E-state index contributed by atoms with van der Waals surface area (Å²) in [4.78, 5) is 0. The van der Waals surface area contributed by atoms with E-state index in [1.165, 1.54) is 16.8 Å². The zero-order valence-electron chi connectivity index (χ0n) is 16.4. The fourth-order valence-corrected chi connectivity index (χ4v) is 4.07. The van der Waals surface area contributed by atoms with Crippen molar-refractivity contribution in [3.8, 4) is 11.3 Å². The number of allylic oxidation sites excluding steroid dienone is 1. The topological polar surface area (TPSA) is 30.7 Å². The minimum absolute atomic E-state index is 0.108. The highest BCUT2D eigenvalue weighted by Crippen LogP contribution is 2.29. The number of pyridine rings is 1. The van der Waals surface area contributed by atoms with Crippen molar-refractivity contribution in [2.24, 2.45) is 5.92 Å². The fraction of sp³-hybridized carbons (Fsp3) is 0.292. The molecule has 2 heterocycles. The number of aromatic nitrogens is 1. The van der Waals surface area contributed by atoms with Crippen molar-refractivity contribution in [3.63, 3.8) is 0 Å². The number of hydrogen-bond donors (Lipinski definition) is 1. The second-order valence-corrected chi connectivity index (χ2v) is 7.28. The summed E-state index contributed by atoms with van der Waals surface area (Å²) in [5.74, 6) is 0.134. The average Bonchev–Trinajstić information content (AvgIpc) is 2.67. The number of nitrogens with zero attached hydrogens (tertiary/aromatic N) is 2. The van der Waals surface area contributed by atoms with Crippen molar-refractivity contribution >= 4 is 18.1 Å². The van der Waals surface area contributed by atoms with E-state index in [1.807, 2.05) is 36.8 Å². The molecule has 0 spiro atoms. The first kappa shape index (κ1) is 19.0. The quantitative estimate of drug-likeness (QED) is 0.607. The molecule has 0 saturated heterocycles. The maximum Gasteiger partial charge on any atom is 0.218 e. The normalized spacial score (nSPS) is 20.0. The van der Waals surface area contributed by atoms with Gasteiger partial charge in [0.1, 0.15) is 6.72 Å². The Kier molecular flexibility index (Phi) is 5.80. The maximum atomic E-state index is 8.42. The van der Waals surface area contributed by atoms with Crippen molar-refractivity contribution in [1.82, 2.24) is 0 Å². The molecule has 2 unspecified atom stereocenters. The Balaban J connectivity index is 2.15. The van der Waals surface area contributed by atoms with Gasteiger partial charge in [0.05, 0.1) is 12.3 Å². The molecular weight excluding hydrogens is 330 g/mol. The minimum atomic E-state index is 0.108. The Morgan fingerprint density at radius 2 is 1.96 bits per heavy atom. The summed E-state index contributed by atoms with van der Waals surface area (Å²) in [6.07, 6.45) is 8.73. The Morgan fingerprint density at radius 1 is 1.22 bits per heavy atom. The molecule has 0 fully saturated rings. The lowest BCUT2D eigenvalue weighted by molar-refractivity contribution is -0.577. The molecule has 0 bridgehead atoms. The highest BCUT2D eigenvalue weighted by atomic mass is 15.0. The van der Waals surface area contributed by atoms with Crippen LogP contribution in [0.15, 0.2) is 67.5 Å². The Labute approximate surface area is 162 Å². The van der Waals surface area contributed by atoms with E-state index < -0.39 is 0 Å². The fourth-order valence-electron chi connectivity index (χ4n) is 4.07. The molecule has 1 aromatic heterocycles. The molecule has 1 aromatic carbocycles. The zero-order valence-corrected chi connectivity index (χ0v) is 16.4. The largest absolute Gasteiger partial charge is 0.309 e. The third-order valence-corrected chi connectivity index (χ3v) is 5.45. The summed E-state index contributed by atoms with van der Waals surface area (Å²) < 4.78 is 4.20. The predicted molar refractivity (Wildman–Crippen MR) is 113 cm³/mol. The van der Waals surface area contributed by atoms with Crippen LogP contribution in [0.25, 0.3) is 17.0 Å². The van der Waals surface area contributed by atoms with Gasteiger partial charge in [0.15, 0.2) is 24.1 Å². The van der Waals surface area contributed by atoms with Gasteiger partial charge in [-0.2, -0.15) is 4.57 Å². The highest BCUT2D eigenvalue weighted by molar-refractivity contribution is 5.82.